The van der Waals surface area contributed by atoms with Crippen LogP contribution in [0.2, 0.25) is 0 Å². The number of ether oxygens (including phenoxy) is 1. The van der Waals surface area contributed by atoms with Gasteiger partial charge in [-0.05, 0) is 32.1 Å². The Morgan fingerprint density at radius 1 is 1.07 bits per heavy atom. The first kappa shape index (κ1) is 24.3. The molecule has 0 aliphatic carbocycles. The van der Waals surface area contributed by atoms with Crippen molar-refractivity contribution in [2.45, 2.75) is 82.4 Å². The quantitative estimate of drug-likeness (QED) is 0.358. The number of aliphatic hydroxyl groups excluding tert-OH is 3. The predicted molar refractivity (Wildman–Crippen MR) is 109 cm³/mol. The molecule has 0 radical (unpaired) electrons. The fourth-order valence-corrected chi connectivity index (χ4v) is 2.87. The Hall–Kier alpha value is -1.73. The first-order chi connectivity index (χ1) is 13.4. The van der Waals surface area contributed by atoms with Crippen LogP contribution >= 0.6 is 0 Å². The van der Waals surface area contributed by atoms with Crippen LogP contribution in [-0.4, -0.2) is 56.9 Å². The van der Waals surface area contributed by atoms with Crippen LogP contribution in [0.25, 0.3) is 0 Å². The third-order valence-electron chi connectivity index (χ3n) is 4.47. The third kappa shape index (κ3) is 10.6. The van der Waals surface area contributed by atoms with Crippen molar-refractivity contribution >= 4 is 5.97 Å². The molecular weight excluding hydrogens is 360 g/mol. The Labute approximate surface area is 167 Å². The highest BCUT2D eigenvalue weighted by molar-refractivity contribution is 5.66. The molecule has 0 unspecified atom stereocenters. The minimum Gasteiger partial charge on any atom is -0.481 e. The van der Waals surface area contributed by atoms with Crippen molar-refractivity contribution < 1.29 is 30.0 Å². The van der Waals surface area contributed by atoms with Gasteiger partial charge in [-0.25, -0.2) is 0 Å². The molecule has 4 N–H and O–H groups in total. The molecule has 0 amide bonds. The molecule has 0 aromatic heterocycles. The maximum Gasteiger partial charge on any atom is 0.303 e. The first-order valence-corrected chi connectivity index (χ1v) is 9.98. The second-order valence-corrected chi connectivity index (χ2v) is 6.92. The minimum absolute atomic E-state index is 0.0868. The van der Waals surface area contributed by atoms with Gasteiger partial charge in [-0.15, -0.1) is 0 Å². The molecule has 1 rings (SSSR count). The molecule has 0 spiro atoms. The van der Waals surface area contributed by atoms with Crippen molar-refractivity contribution in [3.63, 3.8) is 0 Å². The summed E-state index contributed by atoms with van der Waals surface area (Å²) in [5.41, 5.74) is 0. The fourth-order valence-electron chi connectivity index (χ4n) is 2.87. The van der Waals surface area contributed by atoms with Crippen LogP contribution in [0.15, 0.2) is 48.6 Å². The number of carboxylic acids is 1. The zero-order valence-electron chi connectivity index (χ0n) is 16.6. The molecule has 1 saturated heterocycles. The molecular formula is C22H34O6. The van der Waals surface area contributed by atoms with Gasteiger partial charge in [0.2, 0.25) is 0 Å². The Morgan fingerprint density at radius 2 is 1.71 bits per heavy atom. The maximum absolute atomic E-state index is 10.5. The standard InChI is InChI=1S/C22H34O6/c1-2-3-4-5-6-7-8-9-10-11-20-19(25)16-21(28-20)18(24)14-12-17(23)13-15-22(26)27/h3-4,6-7,9-10,12,14,17-21,23-25H,2,5,8,11,13,15-16H2,1H3,(H,26,27)/b4-3-,7-6-,10-9-,14-12+/t17-,18+,19+,20+,21-/m0/s1. The first-order valence-electron chi connectivity index (χ1n) is 9.98. The summed E-state index contributed by atoms with van der Waals surface area (Å²) in [6.07, 6.45) is 15.5. The summed E-state index contributed by atoms with van der Waals surface area (Å²) in [7, 11) is 0. The van der Waals surface area contributed by atoms with Crippen molar-refractivity contribution in [1.82, 2.24) is 0 Å². The van der Waals surface area contributed by atoms with Crippen LogP contribution in [0, 0.1) is 0 Å². The lowest BCUT2D eigenvalue weighted by atomic mass is 10.0. The number of carboxylic acid groups (broad SMARTS) is 1. The van der Waals surface area contributed by atoms with Gasteiger partial charge in [-0.1, -0.05) is 55.5 Å². The van der Waals surface area contributed by atoms with E-state index in [1.165, 1.54) is 12.2 Å². The average Bonchev–Trinajstić information content (AvgIpc) is 3.03. The van der Waals surface area contributed by atoms with Gasteiger partial charge < -0.3 is 25.2 Å². The van der Waals surface area contributed by atoms with E-state index in [9.17, 15) is 20.1 Å². The highest BCUT2D eigenvalue weighted by Crippen LogP contribution is 2.26. The summed E-state index contributed by atoms with van der Waals surface area (Å²) in [5, 5.41) is 38.5. The van der Waals surface area contributed by atoms with Gasteiger partial charge in [-0.2, -0.15) is 0 Å². The number of rotatable bonds is 13. The Balaban J connectivity index is 2.32. The summed E-state index contributed by atoms with van der Waals surface area (Å²) in [6.45, 7) is 2.11. The van der Waals surface area contributed by atoms with Gasteiger partial charge in [-0.3, -0.25) is 4.79 Å². The maximum atomic E-state index is 10.5. The van der Waals surface area contributed by atoms with Gasteiger partial charge in [0.15, 0.2) is 0 Å². The lowest BCUT2D eigenvalue weighted by Gasteiger charge is -2.16. The van der Waals surface area contributed by atoms with Crippen molar-refractivity contribution in [3.05, 3.63) is 48.6 Å². The average molecular weight is 395 g/mol. The Kier molecular flexibility index (Phi) is 12.4. The lowest BCUT2D eigenvalue weighted by Crippen LogP contribution is -2.24. The van der Waals surface area contributed by atoms with E-state index in [4.69, 9.17) is 9.84 Å². The Morgan fingerprint density at radius 3 is 2.36 bits per heavy atom. The van der Waals surface area contributed by atoms with Crippen molar-refractivity contribution in [3.8, 4) is 0 Å². The van der Waals surface area contributed by atoms with Crippen molar-refractivity contribution in [2.24, 2.45) is 0 Å². The number of hydrogen-bond donors (Lipinski definition) is 4. The molecule has 0 bridgehead atoms. The Bertz CT molecular complexity index is 551. The van der Waals surface area contributed by atoms with E-state index in [0.717, 1.165) is 19.3 Å². The van der Waals surface area contributed by atoms with Gasteiger partial charge >= 0.3 is 5.97 Å². The molecule has 158 valence electrons. The van der Waals surface area contributed by atoms with E-state index in [-0.39, 0.29) is 18.9 Å². The molecule has 0 aromatic rings. The predicted octanol–water partition coefficient (Wildman–Crippen LogP) is 2.90. The van der Waals surface area contributed by atoms with Gasteiger partial charge in [0.05, 0.1) is 30.5 Å². The fraction of sp³-hybridized carbons (Fsp3) is 0.591. The molecule has 5 atom stereocenters. The smallest absolute Gasteiger partial charge is 0.303 e. The van der Waals surface area contributed by atoms with E-state index >= 15 is 0 Å². The summed E-state index contributed by atoms with van der Waals surface area (Å²) in [5.74, 6) is -0.977. The van der Waals surface area contributed by atoms with Gasteiger partial charge in [0, 0.05) is 12.8 Å². The van der Waals surface area contributed by atoms with E-state index in [2.05, 4.69) is 31.2 Å². The topological polar surface area (TPSA) is 107 Å². The summed E-state index contributed by atoms with van der Waals surface area (Å²) < 4.78 is 5.73. The lowest BCUT2D eigenvalue weighted by molar-refractivity contribution is -0.137. The molecule has 28 heavy (non-hydrogen) atoms. The van der Waals surface area contributed by atoms with Crippen LogP contribution < -0.4 is 0 Å². The number of hydrogen-bond acceptors (Lipinski definition) is 5. The molecule has 1 heterocycles. The van der Waals surface area contributed by atoms with Crippen molar-refractivity contribution in [1.29, 1.82) is 0 Å². The monoisotopic (exact) mass is 394 g/mol. The SMILES string of the molecule is CC/C=C\C/C=C\C/C=C\C[C@H]1O[C@H]([C@H](O)/C=C/[C@H](O)CCC(=O)O)C[C@H]1O. The second-order valence-electron chi connectivity index (χ2n) is 6.92. The van der Waals surface area contributed by atoms with Crippen LogP contribution in [0.3, 0.4) is 0 Å². The van der Waals surface area contributed by atoms with E-state index in [0.29, 0.717) is 12.8 Å². The zero-order valence-corrected chi connectivity index (χ0v) is 16.6. The van der Waals surface area contributed by atoms with Crippen molar-refractivity contribution in [2.75, 3.05) is 0 Å². The zero-order chi connectivity index (χ0) is 20.8. The van der Waals surface area contributed by atoms with Crippen LogP contribution in [0.1, 0.15) is 51.9 Å². The molecule has 0 aromatic carbocycles. The third-order valence-corrected chi connectivity index (χ3v) is 4.47. The second kappa shape index (κ2) is 14.3. The molecule has 0 saturated carbocycles. The highest BCUT2D eigenvalue weighted by atomic mass is 16.5. The molecule has 6 heteroatoms. The number of aliphatic carboxylic acids is 1. The van der Waals surface area contributed by atoms with E-state index in [1.807, 2.05) is 12.2 Å². The summed E-state index contributed by atoms with van der Waals surface area (Å²) in [4.78, 5) is 10.5. The van der Waals surface area contributed by atoms with Gasteiger partial charge in [0.25, 0.3) is 0 Å². The highest BCUT2D eigenvalue weighted by Gasteiger charge is 2.36. The summed E-state index contributed by atoms with van der Waals surface area (Å²) in [6, 6.07) is 0. The molecule has 1 aliphatic heterocycles. The van der Waals surface area contributed by atoms with Crippen LogP contribution in [0.4, 0.5) is 0 Å². The van der Waals surface area contributed by atoms with Gasteiger partial charge in [0.1, 0.15) is 0 Å². The molecule has 1 fully saturated rings. The normalized spacial score (nSPS) is 25.5. The largest absolute Gasteiger partial charge is 0.481 e. The summed E-state index contributed by atoms with van der Waals surface area (Å²) >= 11 is 0. The van der Waals surface area contributed by atoms with Crippen LogP contribution in [0.5, 0.6) is 0 Å². The molecule has 6 nitrogen and oxygen atoms in total. The molecule has 1 aliphatic rings. The number of carbonyl (C=O) groups is 1. The van der Waals surface area contributed by atoms with E-state index < -0.39 is 30.4 Å². The minimum atomic E-state index is -0.977. The van der Waals surface area contributed by atoms with E-state index in [1.54, 1.807) is 0 Å². The number of allylic oxidation sites excluding steroid dienone is 5. The number of aliphatic hydroxyl groups is 3. The van der Waals surface area contributed by atoms with Crippen LogP contribution in [-0.2, 0) is 9.53 Å².